The summed E-state index contributed by atoms with van der Waals surface area (Å²) in [4.78, 5) is 11.8. The average molecular weight is 242 g/mol. The van der Waals surface area contributed by atoms with Crippen molar-refractivity contribution in [1.29, 1.82) is 0 Å². The smallest absolute Gasteiger partial charge is 0.319 e. The lowest BCUT2D eigenvalue weighted by molar-refractivity contribution is 0.248. The van der Waals surface area contributed by atoms with Gasteiger partial charge in [0.05, 0.1) is 17.9 Å². The fourth-order valence-electron chi connectivity index (χ4n) is 2.35. The predicted molar refractivity (Wildman–Crippen MR) is 68.2 cm³/mol. The lowest BCUT2D eigenvalue weighted by atomic mass is 10.1. The minimum absolute atomic E-state index is 0.105. The molecule has 2 amide bonds. The highest BCUT2D eigenvalue weighted by atomic mass is 16.2. The molecule has 0 saturated carbocycles. The second-order valence-electron chi connectivity index (χ2n) is 4.38. The maximum absolute atomic E-state index is 11.8. The van der Waals surface area contributed by atoms with Crippen LogP contribution in [0.1, 0.15) is 23.6 Å². The summed E-state index contributed by atoms with van der Waals surface area (Å²) in [6, 6.07) is 8.14. The van der Waals surface area contributed by atoms with Crippen LogP contribution in [0.3, 0.4) is 0 Å². The van der Waals surface area contributed by atoms with E-state index in [1.165, 1.54) is 11.1 Å². The van der Waals surface area contributed by atoms with Gasteiger partial charge in [-0.2, -0.15) is 5.10 Å². The van der Waals surface area contributed by atoms with Gasteiger partial charge in [0, 0.05) is 6.20 Å². The predicted octanol–water partition coefficient (Wildman–Crippen LogP) is 2.22. The highest BCUT2D eigenvalue weighted by Gasteiger charge is 2.23. The van der Waals surface area contributed by atoms with E-state index in [0.717, 1.165) is 12.8 Å². The van der Waals surface area contributed by atoms with Crippen LogP contribution in [0, 0.1) is 0 Å². The fourth-order valence-corrected chi connectivity index (χ4v) is 2.35. The van der Waals surface area contributed by atoms with Gasteiger partial charge in [-0.3, -0.25) is 5.10 Å². The normalized spacial score (nSPS) is 17.2. The summed E-state index contributed by atoms with van der Waals surface area (Å²) < 4.78 is 0. The van der Waals surface area contributed by atoms with Gasteiger partial charge in [-0.15, -0.1) is 0 Å². The Morgan fingerprint density at radius 1 is 1.39 bits per heavy atom. The van der Waals surface area contributed by atoms with Gasteiger partial charge in [0.15, 0.2) is 0 Å². The number of aryl methyl sites for hydroxylation is 1. The first-order valence-corrected chi connectivity index (χ1v) is 5.97. The summed E-state index contributed by atoms with van der Waals surface area (Å²) in [5, 5.41) is 12.1. The van der Waals surface area contributed by atoms with Crippen LogP contribution in [0.15, 0.2) is 36.7 Å². The van der Waals surface area contributed by atoms with E-state index in [9.17, 15) is 4.79 Å². The molecule has 0 fully saturated rings. The van der Waals surface area contributed by atoms with Crippen LogP contribution < -0.4 is 10.6 Å². The van der Waals surface area contributed by atoms with Crippen molar-refractivity contribution in [2.45, 2.75) is 18.9 Å². The van der Waals surface area contributed by atoms with Gasteiger partial charge in [-0.1, -0.05) is 24.3 Å². The number of anilines is 1. The molecule has 5 heteroatoms. The third kappa shape index (κ3) is 2.07. The molecular weight excluding hydrogens is 228 g/mol. The van der Waals surface area contributed by atoms with E-state index >= 15 is 0 Å². The Bertz CT molecular complexity index is 550. The number of hydrogen-bond donors (Lipinski definition) is 3. The zero-order valence-corrected chi connectivity index (χ0v) is 9.81. The molecule has 3 N–H and O–H groups in total. The van der Waals surface area contributed by atoms with Crippen LogP contribution in [0.25, 0.3) is 0 Å². The number of fused-ring (bicyclic) bond motifs is 1. The molecule has 3 rings (SSSR count). The number of urea groups is 1. The SMILES string of the molecule is O=C(Nc1cn[nH]c1)N[C@H]1CCc2ccccc21. The van der Waals surface area contributed by atoms with Crippen molar-refractivity contribution in [2.75, 3.05) is 5.32 Å². The molecule has 5 nitrogen and oxygen atoms in total. The number of H-pyrrole nitrogens is 1. The fraction of sp³-hybridized carbons (Fsp3) is 0.231. The van der Waals surface area contributed by atoms with Crippen LogP contribution >= 0.6 is 0 Å². The molecule has 0 saturated heterocycles. The summed E-state index contributed by atoms with van der Waals surface area (Å²) >= 11 is 0. The van der Waals surface area contributed by atoms with Gasteiger partial charge < -0.3 is 10.6 Å². The van der Waals surface area contributed by atoms with Gasteiger partial charge in [-0.05, 0) is 24.0 Å². The molecule has 1 atom stereocenters. The van der Waals surface area contributed by atoms with E-state index in [0.29, 0.717) is 5.69 Å². The Morgan fingerprint density at radius 2 is 2.28 bits per heavy atom. The molecule has 0 bridgehead atoms. The van der Waals surface area contributed by atoms with Crippen LogP contribution in [0.4, 0.5) is 10.5 Å². The zero-order valence-electron chi connectivity index (χ0n) is 9.81. The number of hydrogen-bond acceptors (Lipinski definition) is 2. The molecule has 1 aliphatic rings. The Balaban J connectivity index is 1.66. The van der Waals surface area contributed by atoms with Crippen LogP contribution in [-0.4, -0.2) is 16.2 Å². The molecule has 0 radical (unpaired) electrons. The number of amides is 2. The van der Waals surface area contributed by atoms with Crippen molar-refractivity contribution in [2.24, 2.45) is 0 Å². The number of aromatic amines is 1. The zero-order chi connectivity index (χ0) is 12.4. The first kappa shape index (κ1) is 10.8. The van der Waals surface area contributed by atoms with Gasteiger partial charge in [0.25, 0.3) is 0 Å². The molecule has 2 aromatic rings. The third-order valence-electron chi connectivity index (χ3n) is 3.19. The maximum atomic E-state index is 11.8. The maximum Gasteiger partial charge on any atom is 0.319 e. The highest BCUT2D eigenvalue weighted by Crippen LogP contribution is 2.30. The molecular formula is C13H14N4O. The number of aromatic nitrogens is 2. The van der Waals surface area contributed by atoms with Crippen LogP contribution in [0.5, 0.6) is 0 Å². The summed E-state index contributed by atoms with van der Waals surface area (Å²) in [7, 11) is 0. The Kier molecular flexibility index (Phi) is 2.72. The summed E-state index contributed by atoms with van der Waals surface area (Å²) in [6.07, 6.45) is 5.19. The Labute approximate surface area is 105 Å². The number of benzene rings is 1. The molecule has 92 valence electrons. The van der Waals surface area contributed by atoms with Crippen molar-refractivity contribution >= 4 is 11.7 Å². The largest absolute Gasteiger partial charge is 0.331 e. The summed E-state index contributed by atoms with van der Waals surface area (Å²) in [5.41, 5.74) is 3.21. The molecule has 1 aliphatic carbocycles. The molecule has 1 aromatic carbocycles. The third-order valence-corrected chi connectivity index (χ3v) is 3.19. The first-order valence-electron chi connectivity index (χ1n) is 5.97. The Morgan fingerprint density at radius 3 is 3.11 bits per heavy atom. The summed E-state index contributed by atoms with van der Waals surface area (Å²) in [5.74, 6) is 0. The minimum atomic E-state index is -0.196. The standard InChI is InChI=1S/C13H14N4O/c18-13(16-10-7-14-15-8-10)17-12-6-5-9-3-1-2-4-11(9)12/h1-4,7-8,12H,5-6H2,(H,14,15)(H2,16,17,18)/t12-/m0/s1. The van der Waals surface area contributed by atoms with E-state index < -0.39 is 0 Å². The molecule has 0 unspecified atom stereocenters. The number of nitrogens with zero attached hydrogens (tertiary/aromatic N) is 1. The lowest BCUT2D eigenvalue weighted by Crippen LogP contribution is -2.31. The van der Waals surface area contributed by atoms with Crippen molar-refractivity contribution in [3.05, 3.63) is 47.8 Å². The van der Waals surface area contributed by atoms with Crippen LogP contribution in [0.2, 0.25) is 0 Å². The second kappa shape index (κ2) is 4.52. The monoisotopic (exact) mass is 242 g/mol. The first-order chi connectivity index (χ1) is 8.83. The molecule has 18 heavy (non-hydrogen) atoms. The number of rotatable bonds is 2. The van der Waals surface area contributed by atoms with Crippen LogP contribution in [-0.2, 0) is 6.42 Å². The van der Waals surface area contributed by atoms with Crippen molar-refractivity contribution in [1.82, 2.24) is 15.5 Å². The van der Waals surface area contributed by atoms with E-state index in [1.807, 2.05) is 12.1 Å². The summed E-state index contributed by atoms with van der Waals surface area (Å²) in [6.45, 7) is 0. The van der Waals surface area contributed by atoms with Gasteiger partial charge >= 0.3 is 6.03 Å². The topological polar surface area (TPSA) is 69.8 Å². The quantitative estimate of drug-likeness (QED) is 0.755. The highest BCUT2D eigenvalue weighted by molar-refractivity contribution is 5.89. The van der Waals surface area contributed by atoms with E-state index in [1.54, 1.807) is 12.4 Å². The van der Waals surface area contributed by atoms with E-state index in [4.69, 9.17) is 0 Å². The molecule has 0 spiro atoms. The lowest BCUT2D eigenvalue weighted by Gasteiger charge is -2.14. The number of carbonyl (C=O) groups excluding carboxylic acids is 1. The van der Waals surface area contributed by atoms with Gasteiger partial charge in [0.2, 0.25) is 0 Å². The van der Waals surface area contributed by atoms with Gasteiger partial charge in [0.1, 0.15) is 0 Å². The number of nitrogens with one attached hydrogen (secondary N) is 3. The second-order valence-corrected chi connectivity index (χ2v) is 4.38. The van der Waals surface area contributed by atoms with Crippen molar-refractivity contribution < 1.29 is 4.79 Å². The Hall–Kier alpha value is -2.30. The van der Waals surface area contributed by atoms with Crippen molar-refractivity contribution in [3.8, 4) is 0 Å². The van der Waals surface area contributed by atoms with Gasteiger partial charge in [-0.25, -0.2) is 4.79 Å². The molecule has 0 aliphatic heterocycles. The number of carbonyl (C=O) groups is 1. The molecule has 1 aromatic heterocycles. The van der Waals surface area contributed by atoms with E-state index in [2.05, 4.69) is 33.0 Å². The van der Waals surface area contributed by atoms with E-state index in [-0.39, 0.29) is 12.1 Å². The average Bonchev–Trinajstić information content (AvgIpc) is 3.00. The minimum Gasteiger partial charge on any atom is -0.331 e. The van der Waals surface area contributed by atoms with Crippen molar-refractivity contribution in [3.63, 3.8) is 0 Å². The molecule has 1 heterocycles.